The molecule has 1 saturated heterocycles. The van der Waals surface area contributed by atoms with Crippen LogP contribution in [0.25, 0.3) is 16.7 Å². The van der Waals surface area contributed by atoms with Crippen molar-refractivity contribution in [2.45, 2.75) is 25.5 Å². The summed E-state index contributed by atoms with van der Waals surface area (Å²) in [6, 6.07) is 6.58. The lowest BCUT2D eigenvalue weighted by Crippen LogP contribution is -2.38. The van der Waals surface area contributed by atoms with E-state index in [0.29, 0.717) is 18.8 Å². The van der Waals surface area contributed by atoms with Gasteiger partial charge in [0.2, 0.25) is 0 Å². The van der Waals surface area contributed by atoms with Crippen LogP contribution in [-0.4, -0.2) is 50.8 Å². The third kappa shape index (κ3) is 3.19. The van der Waals surface area contributed by atoms with Crippen molar-refractivity contribution in [1.29, 1.82) is 5.41 Å². The number of hydrogen-bond donors (Lipinski definition) is 3. The van der Waals surface area contributed by atoms with E-state index in [-0.39, 0.29) is 46.9 Å². The summed E-state index contributed by atoms with van der Waals surface area (Å²) in [6.45, 7) is 0.845. The number of aliphatic hydroxyl groups excluding tert-OH is 1. The van der Waals surface area contributed by atoms with Gasteiger partial charge in [0.15, 0.2) is 0 Å². The standard InChI is InChI=1S/C19H21N5O4/c20-16-13(18(26)21-11-12-4-3-9-28-12)10-14-17(24(16)7-8-25)22-15-5-1-2-6-23(15)19(14)27/h1-2,5-6,10,12,20,25H,3-4,7-9,11H2,(H,21,26). The van der Waals surface area contributed by atoms with Gasteiger partial charge in [0.1, 0.15) is 16.8 Å². The van der Waals surface area contributed by atoms with E-state index in [1.807, 2.05) is 0 Å². The molecule has 146 valence electrons. The van der Waals surface area contributed by atoms with Gasteiger partial charge < -0.3 is 19.7 Å². The summed E-state index contributed by atoms with van der Waals surface area (Å²) < 4.78 is 8.29. The molecular formula is C19H21N5O4. The molecule has 0 aromatic carbocycles. The van der Waals surface area contributed by atoms with E-state index in [0.717, 1.165) is 12.8 Å². The fourth-order valence-corrected chi connectivity index (χ4v) is 3.48. The number of carbonyl (C=O) groups is 1. The molecule has 0 radical (unpaired) electrons. The molecule has 1 fully saturated rings. The van der Waals surface area contributed by atoms with Gasteiger partial charge in [0.05, 0.1) is 23.7 Å². The molecule has 0 spiro atoms. The zero-order valence-electron chi connectivity index (χ0n) is 15.2. The van der Waals surface area contributed by atoms with Gasteiger partial charge in [-0.25, -0.2) is 4.98 Å². The largest absolute Gasteiger partial charge is 0.395 e. The highest BCUT2D eigenvalue weighted by atomic mass is 16.5. The molecule has 4 rings (SSSR count). The van der Waals surface area contributed by atoms with Crippen LogP contribution in [0, 0.1) is 5.41 Å². The maximum atomic E-state index is 12.9. The summed E-state index contributed by atoms with van der Waals surface area (Å²) in [6.07, 6.45) is 3.42. The molecule has 28 heavy (non-hydrogen) atoms. The minimum Gasteiger partial charge on any atom is -0.395 e. The van der Waals surface area contributed by atoms with Gasteiger partial charge >= 0.3 is 0 Å². The number of nitrogens with one attached hydrogen (secondary N) is 2. The van der Waals surface area contributed by atoms with E-state index in [1.165, 1.54) is 15.0 Å². The third-order valence-corrected chi connectivity index (χ3v) is 4.90. The molecule has 0 bridgehead atoms. The van der Waals surface area contributed by atoms with E-state index < -0.39 is 5.91 Å². The fourth-order valence-electron chi connectivity index (χ4n) is 3.48. The van der Waals surface area contributed by atoms with Gasteiger partial charge in [-0.1, -0.05) is 6.07 Å². The van der Waals surface area contributed by atoms with Crippen molar-refractivity contribution in [2.75, 3.05) is 19.8 Å². The Balaban J connectivity index is 1.84. The van der Waals surface area contributed by atoms with Crippen LogP contribution in [0.5, 0.6) is 0 Å². The first kappa shape index (κ1) is 18.3. The molecular weight excluding hydrogens is 362 g/mol. The van der Waals surface area contributed by atoms with Gasteiger partial charge in [0, 0.05) is 25.9 Å². The lowest BCUT2D eigenvalue weighted by atomic mass is 10.2. The normalized spacial score (nSPS) is 16.7. The van der Waals surface area contributed by atoms with Crippen LogP contribution in [0.3, 0.4) is 0 Å². The van der Waals surface area contributed by atoms with Crippen molar-refractivity contribution in [3.63, 3.8) is 0 Å². The number of carbonyl (C=O) groups excluding carboxylic acids is 1. The topological polar surface area (TPSA) is 122 Å². The molecule has 3 aromatic rings. The van der Waals surface area contributed by atoms with Crippen molar-refractivity contribution in [2.24, 2.45) is 0 Å². The maximum absolute atomic E-state index is 12.9. The first-order valence-electron chi connectivity index (χ1n) is 9.20. The number of nitrogens with zero attached hydrogens (tertiary/aromatic N) is 3. The van der Waals surface area contributed by atoms with E-state index in [2.05, 4.69) is 10.3 Å². The molecule has 4 heterocycles. The van der Waals surface area contributed by atoms with Crippen molar-refractivity contribution in [3.8, 4) is 0 Å². The monoisotopic (exact) mass is 383 g/mol. The molecule has 3 aromatic heterocycles. The number of amides is 1. The molecule has 1 aliphatic heterocycles. The summed E-state index contributed by atoms with van der Waals surface area (Å²) in [4.78, 5) is 30.1. The van der Waals surface area contributed by atoms with Crippen LogP contribution in [0.4, 0.5) is 0 Å². The highest BCUT2D eigenvalue weighted by Gasteiger charge is 2.20. The van der Waals surface area contributed by atoms with Crippen LogP contribution in [-0.2, 0) is 11.3 Å². The Kier molecular flexibility index (Phi) is 4.93. The molecule has 9 nitrogen and oxygen atoms in total. The van der Waals surface area contributed by atoms with E-state index in [4.69, 9.17) is 10.1 Å². The number of aliphatic hydroxyl groups is 1. The van der Waals surface area contributed by atoms with Crippen LogP contribution in [0.1, 0.15) is 23.2 Å². The van der Waals surface area contributed by atoms with Gasteiger partial charge in [-0.15, -0.1) is 0 Å². The molecule has 1 unspecified atom stereocenters. The van der Waals surface area contributed by atoms with Gasteiger partial charge in [-0.05, 0) is 31.0 Å². The summed E-state index contributed by atoms with van der Waals surface area (Å²) in [5, 5.41) is 20.9. The Bertz CT molecular complexity index is 1160. The predicted molar refractivity (Wildman–Crippen MR) is 101 cm³/mol. The zero-order valence-corrected chi connectivity index (χ0v) is 15.2. The molecule has 1 amide bonds. The number of rotatable bonds is 5. The number of hydrogen-bond acceptors (Lipinski definition) is 6. The Morgan fingerprint density at radius 3 is 3.04 bits per heavy atom. The minimum absolute atomic E-state index is 0.0283. The number of ether oxygens (including phenoxy) is 1. The third-order valence-electron chi connectivity index (χ3n) is 4.90. The first-order valence-corrected chi connectivity index (χ1v) is 9.20. The SMILES string of the molecule is N=c1c(C(=O)NCC2CCCO2)cc2c(=O)n3ccccc3nc2n1CCO. The Morgan fingerprint density at radius 2 is 2.29 bits per heavy atom. The molecule has 3 N–H and O–H groups in total. The van der Waals surface area contributed by atoms with Crippen molar-refractivity contribution in [3.05, 3.63) is 51.9 Å². The lowest BCUT2D eigenvalue weighted by molar-refractivity contribution is 0.0855. The molecule has 1 aliphatic rings. The summed E-state index contributed by atoms with van der Waals surface area (Å²) in [5.41, 5.74) is 0.334. The van der Waals surface area contributed by atoms with Crippen molar-refractivity contribution >= 4 is 22.6 Å². The average molecular weight is 383 g/mol. The predicted octanol–water partition coefficient (Wildman–Crippen LogP) is 0.0298. The minimum atomic E-state index is -0.452. The van der Waals surface area contributed by atoms with Crippen molar-refractivity contribution < 1.29 is 14.6 Å². The molecule has 0 saturated carbocycles. The van der Waals surface area contributed by atoms with Crippen LogP contribution in [0.2, 0.25) is 0 Å². The second-order valence-electron chi connectivity index (χ2n) is 6.71. The quantitative estimate of drug-likeness (QED) is 0.537. The van der Waals surface area contributed by atoms with E-state index in [9.17, 15) is 14.7 Å². The fraction of sp³-hybridized carbons (Fsp3) is 0.368. The molecule has 0 aliphatic carbocycles. The van der Waals surface area contributed by atoms with Gasteiger partial charge in [0.25, 0.3) is 11.5 Å². The Labute approximate surface area is 159 Å². The number of pyridine rings is 2. The highest BCUT2D eigenvalue weighted by Crippen LogP contribution is 2.12. The zero-order chi connectivity index (χ0) is 19.7. The summed E-state index contributed by atoms with van der Waals surface area (Å²) in [5.74, 6) is -0.452. The van der Waals surface area contributed by atoms with Crippen LogP contribution in [0.15, 0.2) is 35.3 Å². The van der Waals surface area contributed by atoms with E-state index in [1.54, 1.807) is 24.4 Å². The average Bonchev–Trinajstić information content (AvgIpc) is 3.22. The molecule has 9 heteroatoms. The maximum Gasteiger partial charge on any atom is 0.267 e. The van der Waals surface area contributed by atoms with Gasteiger partial charge in [-0.2, -0.15) is 0 Å². The Hall–Kier alpha value is -3.04. The number of fused-ring (bicyclic) bond motifs is 2. The van der Waals surface area contributed by atoms with Gasteiger partial charge in [-0.3, -0.25) is 19.4 Å². The molecule has 1 atom stereocenters. The second-order valence-corrected chi connectivity index (χ2v) is 6.71. The number of aromatic nitrogens is 3. The second kappa shape index (κ2) is 7.53. The van der Waals surface area contributed by atoms with Crippen LogP contribution < -0.4 is 16.4 Å². The highest BCUT2D eigenvalue weighted by molar-refractivity contribution is 5.96. The Morgan fingerprint density at radius 1 is 1.43 bits per heavy atom. The summed E-state index contributed by atoms with van der Waals surface area (Å²) >= 11 is 0. The van der Waals surface area contributed by atoms with Crippen LogP contribution >= 0.6 is 0 Å². The summed E-state index contributed by atoms with van der Waals surface area (Å²) in [7, 11) is 0. The lowest BCUT2D eigenvalue weighted by Gasteiger charge is -2.15. The smallest absolute Gasteiger partial charge is 0.267 e. The van der Waals surface area contributed by atoms with Crippen molar-refractivity contribution in [1.82, 2.24) is 19.3 Å². The van der Waals surface area contributed by atoms with E-state index >= 15 is 0 Å². The first-order chi connectivity index (χ1) is 13.6.